The Morgan fingerprint density at radius 3 is 2.95 bits per heavy atom. The summed E-state index contributed by atoms with van der Waals surface area (Å²) in [4.78, 5) is 0.298. The highest BCUT2D eigenvalue weighted by atomic mass is 32.2. The van der Waals surface area contributed by atoms with Gasteiger partial charge in [-0.1, -0.05) is 0 Å². The van der Waals surface area contributed by atoms with E-state index in [1.807, 2.05) is 6.92 Å². The maximum Gasteiger partial charge on any atom is 0.240 e. The molecule has 2 unspecified atom stereocenters. The summed E-state index contributed by atoms with van der Waals surface area (Å²) in [5, 5.41) is 0. The summed E-state index contributed by atoms with van der Waals surface area (Å²) in [6.45, 7) is 3.19. The molecule has 0 radical (unpaired) electrons. The molecule has 1 fully saturated rings. The first-order valence-corrected chi connectivity index (χ1v) is 8.44. The molecule has 0 aromatic heterocycles. The van der Waals surface area contributed by atoms with E-state index in [1.54, 1.807) is 18.2 Å². The molecule has 1 aromatic carbocycles. The molecule has 2 atom stereocenters. The first-order valence-electron chi connectivity index (χ1n) is 6.96. The van der Waals surface area contributed by atoms with Crippen molar-refractivity contribution in [1.82, 2.24) is 4.72 Å². The van der Waals surface area contributed by atoms with E-state index in [4.69, 9.17) is 9.47 Å². The molecule has 0 amide bonds. The zero-order valence-electron chi connectivity index (χ0n) is 11.5. The van der Waals surface area contributed by atoms with Crippen LogP contribution in [0, 0.1) is 0 Å². The second-order valence-corrected chi connectivity index (χ2v) is 7.04. The minimum absolute atomic E-state index is 0.0254. The highest BCUT2D eigenvalue weighted by Crippen LogP contribution is 2.28. The highest BCUT2D eigenvalue weighted by molar-refractivity contribution is 7.89. The van der Waals surface area contributed by atoms with Crippen LogP contribution in [-0.2, 0) is 21.2 Å². The summed E-state index contributed by atoms with van der Waals surface area (Å²) < 4.78 is 38.4. The van der Waals surface area contributed by atoms with Crippen LogP contribution < -0.4 is 9.46 Å². The molecule has 5 nitrogen and oxygen atoms in total. The number of sulfonamides is 1. The van der Waals surface area contributed by atoms with Gasteiger partial charge in [0.15, 0.2) is 0 Å². The van der Waals surface area contributed by atoms with E-state index in [1.165, 1.54) is 0 Å². The van der Waals surface area contributed by atoms with Gasteiger partial charge in [-0.05, 0) is 43.5 Å². The van der Waals surface area contributed by atoms with Crippen molar-refractivity contribution < 1.29 is 17.9 Å². The average molecular weight is 297 g/mol. The first kappa shape index (κ1) is 13.9. The minimum atomic E-state index is -3.50. The monoisotopic (exact) mass is 297 g/mol. The maximum absolute atomic E-state index is 12.4. The fourth-order valence-electron chi connectivity index (χ4n) is 2.72. The lowest BCUT2D eigenvalue weighted by molar-refractivity contribution is 0.0902. The Bertz CT molecular complexity index is 593. The van der Waals surface area contributed by atoms with E-state index in [9.17, 15) is 8.42 Å². The summed E-state index contributed by atoms with van der Waals surface area (Å²) in [5.74, 6) is 0.788. The molecule has 1 saturated heterocycles. The van der Waals surface area contributed by atoms with Crippen molar-refractivity contribution in [3.05, 3.63) is 23.8 Å². The third-order valence-electron chi connectivity index (χ3n) is 3.83. The number of ether oxygens (including phenoxy) is 2. The number of hydrogen-bond acceptors (Lipinski definition) is 4. The van der Waals surface area contributed by atoms with Gasteiger partial charge in [0.05, 0.1) is 17.6 Å². The summed E-state index contributed by atoms with van der Waals surface area (Å²) in [6.07, 6.45) is 2.64. The molecule has 2 aliphatic heterocycles. The van der Waals surface area contributed by atoms with Crippen molar-refractivity contribution in [3.63, 3.8) is 0 Å². The number of rotatable bonds is 4. The van der Waals surface area contributed by atoms with Crippen LogP contribution in [0.2, 0.25) is 0 Å². The van der Waals surface area contributed by atoms with E-state index in [2.05, 4.69) is 4.72 Å². The second kappa shape index (κ2) is 5.35. The van der Waals surface area contributed by atoms with Crippen LogP contribution in [0.15, 0.2) is 23.1 Å². The average Bonchev–Trinajstić information content (AvgIpc) is 3.08. The van der Waals surface area contributed by atoms with Crippen LogP contribution in [-0.4, -0.2) is 33.8 Å². The van der Waals surface area contributed by atoms with Gasteiger partial charge in [-0.15, -0.1) is 0 Å². The molecule has 0 saturated carbocycles. The van der Waals surface area contributed by atoms with Gasteiger partial charge in [0.2, 0.25) is 10.0 Å². The van der Waals surface area contributed by atoms with Crippen LogP contribution in [0.3, 0.4) is 0 Å². The largest absolute Gasteiger partial charge is 0.493 e. The lowest BCUT2D eigenvalue weighted by Crippen LogP contribution is -2.40. The lowest BCUT2D eigenvalue weighted by atomic mass is 10.1. The lowest BCUT2D eigenvalue weighted by Gasteiger charge is -2.20. The Morgan fingerprint density at radius 2 is 2.20 bits per heavy atom. The zero-order chi connectivity index (χ0) is 14.2. The fourth-order valence-corrected chi connectivity index (χ4v) is 4.04. The number of benzene rings is 1. The van der Waals surface area contributed by atoms with Crippen molar-refractivity contribution in [1.29, 1.82) is 0 Å². The summed E-state index contributed by atoms with van der Waals surface area (Å²) in [7, 11) is -3.50. The van der Waals surface area contributed by atoms with Gasteiger partial charge < -0.3 is 9.47 Å². The van der Waals surface area contributed by atoms with Gasteiger partial charge in [-0.25, -0.2) is 13.1 Å². The topological polar surface area (TPSA) is 64.6 Å². The van der Waals surface area contributed by atoms with Gasteiger partial charge in [0, 0.05) is 19.1 Å². The molecule has 110 valence electrons. The quantitative estimate of drug-likeness (QED) is 0.914. The molecular formula is C14H19NO4S. The zero-order valence-corrected chi connectivity index (χ0v) is 12.3. The summed E-state index contributed by atoms with van der Waals surface area (Å²) in [5.41, 5.74) is 0.956. The number of fused-ring (bicyclic) bond motifs is 1. The Kier molecular flexibility index (Phi) is 3.70. The van der Waals surface area contributed by atoms with Crippen molar-refractivity contribution in [3.8, 4) is 5.75 Å². The second-order valence-electron chi connectivity index (χ2n) is 5.33. The van der Waals surface area contributed by atoms with Crippen LogP contribution in [0.25, 0.3) is 0 Å². The van der Waals surface area contributed by atoms with Crippen molar-refractivity contribution >= 4 is 10.0 Å². The normalized spacial score (nSPS) is 23.4. The Labute approximate surface area is 119 Å². The molecule has 0 spiro atoms. The van der Waals surface area contributed by atoms with E-state index < -0.39 is 10.0 Å². The van der Waals surface area contributed by atoms with E-state index in [-0.39, 0.29) is 12.1 Å². The third kappa shape index (κ3) is 2.68. The Morgan fingerprint density at radius 1 is 1.35 bits per heavy atom. The van der Waals surface area contributed by atoms with E-state index >= 15 is 0 Å². The van der Waals surface area contributed by atoms with Crippen molar-refractivity contribution in [2.45, 2.75) is 43.2 Å². The van der Waals surface area contributed by atoms with E-state index in [0.717, 1.165) is 30.6 Å². The van der Waals surface area contributed by atoms with Crippen molar-refractivity contribution in [2.24, 2.45) is 0 Å². The SMILES string of the molecule is CC(NS(=O)(=O)c1ccc2c(c1)CCO2)C1CCCO1. The van der Waals surface area contributed by atoms with Gasteiger partial charge in [0.25, 0.3) is 0 Å². The molecule has 1 N–H and O–H groups in total. The Balaban J connectivity index is 1.77. The van der Waals surface area contributed by atoms with Gasteiger partial charge >= 0.3 is 0 Å². The Hall–Kier alpha value is -1.11. The predicted molar refractivity (Wildman–Crippen MR) is 74.4 cm³/mol. The van der Waals surface area contributed by atoms with Gasteiger partial charge in [-0.2, -0.15) is 0 Å². The standard InChI is InChI=1S/C14H19NO4S/c1-10(13-3-2-7-18-13)15-20(16,17)12-4-5-14-11(9-12)6-8-19-14/h4-5,9-10,13,15H,2-3,6-8H2,1H3. The van der Waals surface area contributed by atoms with Crippen molar-refractivity contribution in [2.75, 3.05) is 13.2 Å². The summed E-state index contributed by atoms with van der Waals surface area (Å²) in [6, 6.07) is 4.81. The highest BCUT2D eigenvalue weighted by Gasteiger charge is 2.27. The van der Waals surface area contributed by atoms with Crippen LogP contribution in [0.1, 0.15) is 25.3 Å². The van der Waals surface area contributed by atoms with Gasteiger partial charge in [-0.3, -0.25) is 0 Å². The minimum Gasteiger partial charge on any atom is -0.493 e. The van der Waals surface area contributed by atoms with Crippen LogP contribution in [0.4, 0.5) is 0 Å². The molecule has 6 heteroatoms. The van der Waals surface area contributed by atoms with Crippen LogP contribution in [0.5, 0.6) is 5.75 Å². The van der Waals surface area contributed by atoms with Crippen LogP contribution >= 0.6 is 0 Å². The molecule has 0 bridgehead atoms. The maximum atomic E-state index is 12.4. The molecule has 3 rings (SSSR count). The van der Waals surface area contributed by atoms with Gasteiger partial charge in [0.1, 0.15) is 5.75 Å². The smallest absolute Gasteiger partial charge is 0.240 e. The molecule has 0 aliphatic carbocycles. The first-order chi connectivity index (χ1) is 9.56. The molecule has 2 heterocycles. The van der Waals surface area contributed by atoms with E-state index in [0.29, 0.717) is 18.1 Å². The molecule has 2 aliphatic rings. The number of nitrogens with one attached hydrogen (secondary N) is 1. The predicted octanol–water partition coefficient (Wildman–Crippen LogP) is 1.47. The summed E-state index contributed by atoms with van der Waals surface area (Å²) >= 11 is 0. The molecule has 1 aromatic rings. The molecule has 20 heavy (non-hydrogen) atoms. The molecular weight excluding hydrogens is 278 g/mol. The third-order valence-corrected chi connectivity index (χ3v) is 5.39. The fraction of sp³-hybridized carbons (Fsp3) is 0.571. The number of hydrogen-bond donors (Lipinski definition) is 1.